The quantitative estimate of drug-likeness (QED) is 0.366. The molecule has 1 N–H and O–H groups in total. The van der Waals surface area contributed by atoms with E-state index in [1.165, 1.54) is 5.69 Å². The van der Waals surface area contributed by atoms with Gasteiger partial charge in [-0.05, 0) is 39.7 Å². The Morgan fingerprint density at radius 2 is 2.12 bits per heavy atom. The Bertz CT molecular complexity index is 708. The summed E-state index contributed by atoms with van der Waals surface area (Å²) in [6.45, 7) is 13.7. The van der Waals surface area contributed by atoms with E-state index in [0.717, 1.165) is 48.5 Å². The topological polar surface area (TPSA) is 58.3 Å². The second kappa shape index (κ2) is 10.9. The number of guanidine groups is 1. The molecular formula is C18H31IN6S. The van der Waals surface area contributed by atoms with Crippen molar-refractivity contribution in [1.82, 2.24) is 25.0 Å². The Hall–Kier alpha value is -1.16. The molecule has 2 aromatic rings. The van der Waals surface area contributed by atoms with Crippen molar-refractivity contribution in [3.63, 3.8) is 0 Å². The largest absolute Gasteiger partial charge is 0.357 e. The van der Waals surface area contributed by atoms with Crippen molar-refractivity contribution in [3.05, 3.63) is 33.5 Å². The molecule has 2 heterocycles. The Labute approximate surface area is 178 Å². The Morgan fingerprint density at radius 1 is 1.38 bits per heavy atom. The number of aromatic nitrogens is 3. The van der Waals surface area contributed by atoms with Gasteiger partial charge in [-0.25, -0.2) is 4.98 Å². The van der Waals surface area contributed by atoms with E-state index < -0.39 is 0 Å². The van der Waals surface area contributed by atoms with Crippen LogP contribution in [0.5, 0.6) is 0 Å². The van der Waals surface area contributed by atoms with Crippen molar-refractivity contribution in [2.75, 3.05) is 20.1 Å². The van der Waals surface area contributed by atoms with Gasteiger partial charge in [0.05, 0.1) is 22.9 Å². The first-order valence-corrected chi connectivity index (χ1v) is 9.68. The number of halogens is 1. The molecule has 0 bridgehead atoms. The second-order valence-electron chi connectivity index (χ2n) is 6.62. The molecule has 0 aromatic carbocycles. The van der Waals surface area contributed by atoms with Gasteiger partial charge in [-0.3, -0.25) is 9.67 Å². The summed E-state index contributed by atoms with van der Waals surface area (Å²) in [6.07, 6.45) is 0. The zero-order chi connectivity index (χ0) is 18.4. The number of nitrogens with one attached hydrogen (secondary N) is 1. The molecule has 2 aromatic heterocycles. The highest BCUT2D eigenvalue weighted by Gasteiger charge is 2.11. The van der Waals surface area contributed by atoms with Crippen molar-refractivity contribution in [2.45, 2.75) is 47.7 Å². The van der Waals surface area contributed by atoms with Gasteiger partial charge in [-0.1, -0.05) is 6.92 Å². The molecular weight excluding hydrogens is 459 g/mol. The maximum atomic E-state index is 4.81. The monoisotopic (exact) mass is 490 g/mol. The Morgan fingerprint density at radius 3 is 2.65 bits per heavy atom. The van der Waals surface area contributed by atoms with Crippen LogP contribution >= 0.6 is 35.3 Å². The van der Waals surface area contributed by atoms with Crippen LogP contribution in [0.2, 0.25) is 0 Å². The number of thiazole rings is 1. The lowest BCUT2D eigenvalue weighted by atomic mass is 10.2. The van der Waals surface area contributed by atoms with Gasteiger partial charge in [0, 0.05) is 37.8 Å². The fourth-order valence-corrected chi connectivity index (χ4v) is 3.33. The minimum atomic E-state index is 0. The summed E-state index contributed by atoms with van der Waals surface area (Å²) >= 11 is 1.69. The van der Waals surface area contributed by atoms with Crippen molar-refractivity contribution in [2.24, 2.45) is 10.9 Å². The van der Waals surface area contributed by atoms with E-state index in [-0.39, 0.29) is 24.0 Å². The van der Waals surface area contributed by atoms with Gasteiger partial charge in [0.2, 0.25) is 0 Å². The minimum Gasteiger partial charge on any atom is -0.357 e. The summed E-state index contributed by atoms with van der Waals surface area (Å²) in [4.78, 5) is 11.5. The van der Waals surface area contributed by atoms with Crippen molar-refractivity contribution >= 4 is 41.3 Å². The summed E-state index contributed by atoms with van der Waals surface area (Å²) in [5.41, 5.74) is 3.36. The fraction of sp³-hybridized carbons (Fsp3) is 0.611. The third-order valence-corrected chi connectivity index (χ3v) is 4.73. The lowest BCUT2D eigenvalue weighted by Crippen LogP contribution is -2.39. The molecule has 0 spiro atoms. The van der Waals surface area contributed by atoms with Crippen molar-refractivity contribution < 1.29 is 0 Å². The van der Waals surface area contributed by atoms with E-state index in [1.807, 2.05) is 13.8 Å². The number of aryl methyl sites for hydroxylation is 3. The lowest BCUT2D eigenvalue weighted by Gasteiger charge is -2.22. The van der Waals surface area contributed by atoms with E-state index in [4.69, 9.17) is 4.99 Å². The first-order valence-electron chi connectivity index (χ1n) is 8.80. The number of aliphatic imine (C=N–C) groups is 1. The van der Waals surface area contributed by atoms with Crippen LogP contribution in [0.3, 0.4) is 0 Å². The summed E-state index contributed by atoms with van der Waals surface area (Å²) in [5, 5.41) is 11.1. The molecule has 0 aliphatic carbocycles. The Balaban J connectivity index is 0.00000338. The van der Waals surface area contributed by atoms with Gasteiger partial charge in [0.1, 0.15) is 0 Å². The molecule has 0 aliphatic heterocycles. The highest BCUT2D eigenvalue weighted by Crippen LogP contribution is 2.10. The first-order chi connectivity index (χ1) is 11.9. The summed E-state index contributed by atoms with van der Waals surface area (Å²) in [5.74, 6) is 1.34. The number of hydrogen-bond acceptors (Lipinski definition) is 4. The molecule has 26 heavy (non-hydrogen) atoms. The maximum Gasteiger partial charge on any atom is 0.194 e. The van der Waals surface area contributed by atoms with Gasteiger partial charge in [0.15, 0.2) is 5.96 Å². The molecule has 0 amide bonds. The van der Waals surface area contributed by atoms with Gasteiger partial charge in [-0.2, -0.15) is 5.10 Å². The molecule has 1 atom stereocenters. The predicted octanol–water partition coefficient (Wildman–Crippen LogP) is 3.62. The predicted molar refractivity (Wildman–Crippen MR) is 121 cm³/mol. The van der Waals surface area contributed by atoms with Crippen LogP contribution in [0.4, 0.5) is 0 Å². The van der Waals surface area contributed by atoms with Crippen LogP contribution in [-0.4, -0.2) is 45.8 Å². The molecule has 146 valence electrons. The molecule has 0 aliphatic rings. The zero-order valence-electron chi connectivity index (χ0n) is 16.6. The van der Waals surface area contributed by atoms with Gasteiger partial charge in [0.25, 0.3) is 0 Å². The standard InChI is InChI=1S/C18H30N6S.HI/c1-7-19-18(23(6)11-17-12-25-16(5)21-17)20-9-13(2)10-24-15(4)8-14(3)22-24;/h8,12-13H,7,9-11H2,1-6H3,(H,19,20);1H. The number of rotatable bonds is 7. The fourth-order valence-electron chi connectivity index (χ4n) is 2.72. The van der Waals surface area contributed by atoms with Crippen LogP contribution in [0.1, 0.15) is 35.9 Å². The SMILES string of the molecule is CCNC(=NCC(C)Cn1nc(C)cc1C)N(C)Cc1csc(C)n1.I. The summed E-state index contributed by atoms with van der Waals surface area (Å²) in [6, 6.07) is 2.11. The van der Waals surface area contributed by atoms with E-state index in [1.54, 1.807) is 11.3 Å². The third kappa shape index (κ3) is 6.86. The number of nitrogens with zero attached hydrogens (tertiary/aromatic N) is 5. The molecule has 8 heteroatoms. The van der Waals surface area contributed by atoms with E-state index in [9.17, 15) is 0 Å². The summed E-state index contributed by atoms with van der Waals surface area (Å²) in [7, 11) is 2.06. The van der Waals surface area contributed by atoms with Crippen LogP contribution in [-0.2, 0) is 13.1 Å². The zero-order valence-corrected chi connectivity index (χ0v) is 19.8. The molecule has 0 saturated heterocycles. The van der Waals surface area contributed by atoms with E-state index >= 15 is 0 Å². The second-order valence-corrected chi connectivity index (χ2v) is 7.69. The number of hydrogen-bond donors (Lipinski definition) is 1. The molecule has 0 radical (unpaired) electrons. The highest BCUT2D eigenvalue weighted by molar-refractivity contribution is 14.0. The van der Waals surface area contributed by atoms with Gasteiger partial charge < -0.3 is 10.2 Å². The van der Waals surface area contributed by atoms with Crippen LogP contribution in [0.15, 0.2) is 16.4 Å². The van der Waals surface area contributed by atoms with E-state index in [2.05, 4.69) is 64.2 Å². The smallest absolute Gasteiger partial charge is 0.194 e. The highest BCUT2D eigenvalue weighted by atomic mass is 127. The summed E-state index contributed by atoms with van der Waals surface area (Å²) < 4.78 is 2.07. The van der Waals surface area contributed by atoms with Crippen molar-refractivity contribution in [1.29, 1.82) is 0 Å². The normalized spacial score (nSPS) is 12.6. The molecule has 0 fully saturated rings. The van der Waals surface area contributed by atoms with Crippen LogP contribution < -0.4 is 5.32 Å². The minimum absolute atomic E-state index is 0. The van der Waals surface area contributed by atoms with Crippen LogP contribution in [0, 0.1) is 26.7 Å². The van der Waals surface area contributed by atoms with Crippen molar-refractivity contribution in [3.8, 4) is 0 Å². The first kappa shape index (κ1) is 22.9. The molecule has 0 saturated carbocycles. The van der Waals surface area contributed by atoms with Crippen LogP contribution in [0.25, 0.3) is 0 Å². The molecule has 6 nitrogen and oxygen atoms in total. The maximum absolute atomic E-state index is 4.81. The van der Waals surface area contributed by atoms with Gasteiger partial charge >= 0.3 is 0 Å². The average Bonchev–Trinajstić information content (AvgIpc) is 3.08. The van der Waals surface area contributed by atoms with E-state index in [0.29, 0.717) is 5.92 Å². The Kier molecular flexibility index (Phi) is 9.56. The molecule has 2 rings (SSSR count). The third-order valence-electron chi connectivity index (χ3n) is 3.90. The average molecular weight is 490 g/mol. The molecule has 1 unspecified atom stereocenters. The lowest BCUT2D eigenvalue weighted by molar-refractivity contribution is 0.437. The van der Waals surface area contributed by atoms with Gasteiger partial charge in [-0.15, -0.1) is 35.3 Å².